The largest absolute Gasteiger partial charge is 0.508 e. The Bertz CT molecular complexity index is 898. The first-order valence-corrected chi connectivity index (χ1v) is 8.00. The van der Waals surface area contributed by atoms with Gasteiger partial charge in [-0.1, -0.05) is 23.2 Å². The molecule has 0 saturated heterocycles. The molecule has 0 saturated carbocycles. The number of rotatable bonds is 3. The van der Waals surface area contributed by atoms with Gasteiger partial charge in [-0.2, -0.15) is 0 Å². The van der Waals surface area contributed by atoms with Gasteiger partial charge in [0.15, 0.2) is 11.0 Å². The molecule has 8 heteroatoms. The average molecular weight is 359 g/mol. The first-order chi connectivity index (χ1) is 10.5. The number of benzene rings is 2. The number of halogens is 3. The number of aromatic nitrogens is 1. The third-order valence-electron chi connectivity index (χ3n) is 3.05. The monoisotopic (exact) mass is 358 g/mol. The van der Waals surface area contributed by atoms with E-state index in [0.717, 1.165) is 6.07 Å². The van der Waals surface area contributed by atoms with Crippen LogP contribution < -0.4 is 4.72 Å². The molecular weight excluding hydrogens is 350 g/mol. The topological polar surface area (TPSA) is 65.1 Å². The van der Waals surface area contributed by atoms with E-state index >= 15 is 0 Å². The number of anilines is 1. The molecule has 3 N–H and O–H groups in total. The van der Waals surface area contributed by atoms with Gasteiger partial charge in [0.2, 0.25) is 0 Å². The SMILES string of the molecule is O=S(Nc1ccc(Cl)c2c(Cl)c[nH]c12)c1ccc(O)cc1F. The molecule has 3 rings (SSSR count). The number of phenolic OH excluding ortho intramolecular Hbond substituents is 1. The van der Waals surface area contributed by atoms with Crippen molar-refractivity contribution in [1.29, 1.82) is 0 Å². The summed E-state index contributed by atoms with van der Waals surface area (Å²) in [6.45, 7) is 0. The molecule has 4 nitrogen and oxygen atoms in total. The van der Waals surface area contributed by atoms with Crippen molar-refractivity contribution in [2.45, 2.75) is 4.90 Å². The molecule has 0 amide bonds. The van der Waals surface area contributed by atoms with Crippen LogP contribution in [-0.4, -0.2) is 14.3 Å². The molecule has 0 aliphatic carbocycles. The summed E-state index contributed by atoms with van der Waals surface area (Å²) in [4.78, 5) is 2.86. The standard InChI is InChI=1S/C14H9Cl2FN2O2S/c15-8-2-3-11(14-13(8)9(16)6-18-14)19-22(21)12-4-1-7(20)5-10(12)17/h1-6,18-20H. The highest BCUT2D eigenvalue weighted by Gasteiger charge is 2.15. The van der Waals surface area contributed by atoms with Crippen LogP contribution >= 0.6 is 23.2 Å². The van der Waals surface area contributed by atoms with Gasteiger partial charge in [0.1, 0.15) is 11.6 Å². The third kappa shape index (κ3) is 2.65. The number of H-pyrrole nitrogens is 1. The van der Waals surface area contributed by atoms with Crippen LogP contribution in [0.5, 0.6) is 5.75 Å². The highest BCUT2D eigenvalue weighted by Crippen LogP contribution is 2.35. The molecule has 0 spiro atoms. The summed E-state index contributed by atoms with van der Waals surface area (Å²) in [5, 5.41) is 10.7. The van der Waals surface area contributed by atoms with E-state index in [1.807, 2.05) is 0 Å². The van der Waals surface area contributed by atoms with Gasteiger partial charge in [-0.15, -0.1) is 0 Å². The van der Waals surface area contributed by atoms with Crippen molar-refractivity contribution in [3.05, 3.63) is 52.4 Å². The molecule has 0 fully saturated rings. The molecule has 1 heterocycles. The molecule has 3 aromatic rings. The van der Waals surface area contributed by atoms with Crippen molar-refractivity contribution in [3.63, 3.8) is 0 Å². The first-order valence-electron chi connectivity index (χ1n) is 6.09. The number of fused-ring (bicyclic) bond motifs is 1. The minimum absolute atomic E-state index is 0.0708. The Morgan fingerprint density at radius 2 is 1.95 bits per heavy atom. The lowest BCUT2D eigenvalue weighted by atomic mass is 10.2. The van der Waals surface area contributed by atoms with Crippen LogP contribution in [0.1, 0.15) is 0 Å². The second-order valence-corrected chi connectivity index (χ2v) is 6.46. The zero-order valence-corrected chi connectivity index (χ0v) is 13.2. The van der Waals surface area contributed by atoms with E-state index in [-0.39, 0.29) is 10.6 Å². The van der Waals surface area contributed by atoms with E-state index in [4.69, 9.17) is 23.2 Å². The van der Waals surface area contributed by atoms with Crippen molar-refractivity contribution in [3.8, 4) is 5.75 Å². The lowest BCUT2D eigenvalue weighted by Crippen LogP contribution is -2.07. The molecule has 2 aromatic carbocycles. The summed E-state index contributed by atoms with van der Waals surface area (Å²) in [6, 6.07) is 6.64. The van der Waals surface area contributed by atoms with Gasteiger partial charge in [0, 0.05) is 17.6 Å². The molecule has 0 bridgehead atoms. The van der Waals surface area contributed by atoms with Crippen LogP contribution in [0, 0.1) is 5.82 Å². The second kappa shape index (κ2) is 5.79. The van der Waals surface area contributed by atoms with Crippen molar-refractivity contribution >= 4 is 50.8 Å². The lowest BCUT2D eigenvalue weighted by Gasteiger charge is -2.09. The van der Waals surface area contributed by atoms with Gasteiger partial charge in [-0.3, -0.25) is 4.72 Å². The number of nitrogens with one attached hydrogen (secondary N) is 2. The van der Waals surface area contributed by atoms with E-state index in [9.17, 15) is 13.7 Å². The summed E-state index contributed by atoms with van der Waals surface area (Å²) < 4.78 is 28.7. The second-order valence-electron chi connectivity index (χ2n) is 4.47. The minimum Gasteiger partial charge on any atom is -0.508 e. The highest BCUT2D eigenvalue weighted by atomic mass is 35.5. The number of hydrogen-bond acceptors (Lipinski definition) is 2. The molecule has 1 aromatic heterocycles. The zero-order valence-electron chi connectivity index (χ0n) is 10.9. The quantitative estimate of drug-likeness (QED) is 0.647. The van der Waals surface area contributed by atoms with E-state index in [1.165, 1.54) is 12.1 Å². The van der Waals surface area contributed by atoms with Crippen molar-refractivity contribution in [2.75, 3.05) is 4.72 Å². The predicted molar refractivity (Wildman–Crippen MR) is 86.4 cm³/mol. The molecule has 0 radical (unpaired) electrons. The van der Waals surface area contributed by atoms with Crippen molar-refractivity contribution < 1.29 is 13.7 Å². The Morgan fingerprint density at radius 1 is 1.18 bits per heavy atom. The molecule has 0 aliphatic heterocycles. The minimum atomic E-state index is -1.85. The zero-order chi connectivity index (χ0) is 15.9. The molecular formula is C14H9Cl2FN2O2S. The Hall–Kier alpha value is -1.76. The fourth-order valence-corrected chi connectivity index (χ4v) is 3.51. The molecule has 22 heavy (non-hydrogen) atoms. The van der Waals surface area contributed by atoms with E-state index < -0.39 is 16.8 Å². The molecule has 1 unspecified atom stereocenters. The summed E-state index contributed by atoms with van der Waals surface area (Å²) in [6.07, 6.45) is 1.56. The normalized spacial score (nSPS) is 12.5. The summed E-state index contributed by atoms with van der Waals surface area (Å²) >= 11 is 12.1. The maximum atomic E-state index is 13.7. The number of aromatic amines is 1. The van der Waals surface area contributed by atoms with Crippen LogP contribution in [0.15, 0.2) is 41.4 Å². The average Bonchev–Trinajstić information content (AvgIpc) is 2.85. The van der Waals surface area contributed by atoms with E-state index in [0.29, 0.717) is 26.6 Å². The van der Waals surface area contributed by atoms with E-state index in [2.05, 4.69) is 9.71 Å². The molecule has 1 atom stereocenters. The molecule has 114 valence electrons. The fourth-order valence-electron chi connectivity index (χ4n) is 2.05. The highest BCUT2D eigenvalue weighted by molar-refractivity contribution is 7.86. The first kappa shape index (κ1) is 15.1. The maximum absolute atomic E-state index is 13.7. The lowest BCUT2D eigenvalue weighted by molar-refractivity contribution is 0.466. The third-order valence-corrected chi connectivity index (χ3v) is 4.80. The Labute approximate surface area is 137 Å². The predicted octanol–water partition coefficient (Wildman–Crippen LogP) is 4.45. The van der Waals surface area contributed by atoms with Crippen molar-refractivity contribution in [1.82, 2.24) is 4.98 Å². The summed E-state index contributed by atoms with van der Waals surface area (Å²) in [7, 11) is -1.85. The van der Waals surface area contributed by atoms with Gasteiger partial charge >= 0.3 is 0 Å². The van der Waals surface area contributed by atoms with Crippen LogP contribution in [0.2, 0.25) is 10.0 Å². The summed E-state index contributed by atoms with van der Waals surface area (Å²) in [5.41, 5.74) is 1.04. The van der Waals surface area contributed by atoms with Crippen LogP contribution in [0.3, 0.4) is 0 Å². The summed E-state index contributed by atoms with van der Waals surface area (Å²) in [5.74, 6) is -0.996. The van der Waals surface area contributed by atoms with Crippen LogP contribution in [0.25, 0.3) is 10.9 Å². The Morgan fingerprint density at radius 3 is 2.68 bits per heavy atom. The fraction of sp³-hybridized carbons (Fsp3) is 0. The Balaban J connectivity index is 2.00. The van der Waals surface area contributed by atoms with Crippen LogP contribution in [0.4, 0.5) is 10.1 Å². The smallest absolute Gasteiger partial charge is 0.153 e. The van der Waals surface area contributed by atoms with E-state index in [1.54, 1.807) is 18.3 Å². The van der Waals surface area contributed by atoms with Gasteiger partial charge < -0.3 is 10.1 Å². The van der Waals surface area contributed by atoms with Gasteiger partial charge in [0.25, 0.3) is 0 Å². The maximum Gasteiger partial charge on any atom is 0.153 e. The Kier molecular flexibility index (Phi) is 3.99. The van der Waals surface area contributed by atoms with Gasteiger partial charge in [-0.25, -0.2) is 8.60 Å². The van der Waals surface area contributed by atoms with Gasteiger partial charge in [-0.05, 0) is 24.3 Å². The molecule has 0 aliphatic rings. The van der Waals surface area contributed by atoms with Gasteiger partial charge in [0.05, 0.1) is 26.1 Å². The van der Waals surface area contributed by atoms with Crippen molar-refractivity contribution in [2.24, 2.45) is 0 Å². The number of phenols is 1. The number of aromatic hydroxyl groups is 1. The van der Waals surface area contributed by atoms with Crippen LogP contribution in [-0.2, 0) is 11.0 Å². The number of hydrogen-bond donors (Lipinski definition) is 3.